The van der Waals surface area contributed by atoms with E-state index in [-0.39, 0.29) is 23.9 Å². The first kappa shape index (κ1) is 21.0. The molecular formula is C22H25FN2O4S. The van der Waals surface area contributed by atoms with Gasteiger partial charge in [0.25, 0.3) is 0 Å². The fraction of sp³-hybridized carbons (Fsp3) is 0.409. The zero-order valence-electron chi connectivity index (χ0n) is 16.7. The molecule has 0 bridgehead atoms. The van der Waals surface area contributed by atoms with Crippen LogP contribution in [0.15, 0.2) is 59.5 Å². The number of halogens is 1. The van der Waals surface area contributed by atoms with Crippen LogP contribution < -0.4 is 0 Å². The van der Waals surface area contributed by atoms with Gasteiger partial charge in [0, 0.05) is 39.4 Å². The zero-order valence-corrected chi connectivity index (χ0v) is 17.5. The molecule has 0 spiro atoms. The maximum absolute atomic E-state index is 13.6. The van der Waals surface area contributed by atoms with E-state index in [2.05, 4.69) is 0 Å². The molecule has 8 heteroatoms. The van der Waals surface area contributed by atoms with Crippen LogP contribution in [0.25, 0.3) is 0 Å². The number of carbonyl (C=O) groups is 1. The predicted molar refractivity (Wildman–Crippen MR) is 110 cm³/mol. The van der Waals surface area contributed by atoms with Crippen molar-refractivity contribution in [1.82, 2.24) is 9.21 Å². The molecule has 0 aliphatic carbocycles. The Labute approximate surface area is 176 Å². The van der Waals surface area contributed by atoms with Crippen LogP contribution in [0.4, 0.5) is 4.39 Å². The number of carbonyl (C=O) groups excluding carboxylic acids is 1. The number of nitrogens with zero attached hydrogens (tertiary/aromatic N) is 2. The fourth-order valence-electron chi connectivity index (χ4n) is 4.31. The Morgan fingerprint density at radius 2 is 1.60 bits per heavy atom. The second kappa shape index (κ2) is 8.45. The molecule has 2 aliphatic rings. The summed E-state index contributed by atoms with van der Waals surface area (Å²) in [6, 6.07) is 14.8. The molecule has 2 aliphatic heterocycles. The normalized spacial score (nSPS) is 20.1. The first-order valence-corrected chi connectivity index (χ1v) is 11.6. The summed E-state index contributed by atoms with van der Waals surface area (Å²) in [6.45, 7) is 2.03. The summed E-state index contributed by atoms with van der Waals surface area (Å²) < 4.78 is 46.0. The third-order valence-electron chi connectivity index (χ3n) is 6.04. The third-order valence-corrected chi connectivity index (χ3v) is 7.94. The fourth-order valence-corrected chi connectivity index (χ4v) is 5.77. The molecule has 2 aromatic carbocycles. The minimum absolute atomic E-state index is 0.0276. The number of hydrogen-bond donors (Lipinski definition) is 0. The lowest BCUT2D eigenvalue weighted by Gasteiger charge is -2.42. The largest absolute Gasteiger partial charge is 0.381 e. The van der Waals surface area contributed by atoms with Crippen LogP contribution >= 0.6 is 0 Å². The highest BCUT2D eigenvalue weighted by Crippen LogP contribution is 2.37. The molecule has 1 amide bonds. The van der Waals surface area contributed by atoms with Gasteiger partial charge in [0.2, 0.25) is 15.9 Å². The monoisotopic (exact) mass is 432 g/mol. The number of sulfonamides is 1. The molecule has 160 valence electrons. The van der Waals surface area contributed by atoms with Crippen molar-refractivity contribution in [2.75, 3.05) is 39.4 Å². The maximum atomic E-state index is 13.6. The molecule has 2 fully saturated rings. The minimum atomic E-state index is -3.79. The zero-order chi connectivity index (χ0) is 21.2. The van der Waals surface area contributed by atoms with E-state index >= 15 is 0 Å². The van der Waals surface area contributed by atoms with E-state index < -0.39 is 21.3 Å². The van der Waals surface area contributed by atoms with Gasteiger partial charge in [0.05, 0.1) is 10.3 Å². The van der Waals surface area contributed by atoms with Crippen LogP contribution in [-0.2, 0) is 25.0 Å². The lowest BCUT2D eigenvalue weighted by Crippen LogP contribution is -2.56. The van der Waals surface area contributed by atoms with E-state index in [1.165, 1.54) is 22.5 Å². The van der Waals surface area contributed by atoms with Crippen molar-refractivity contribution in [3.05, 3.63) is 66.0 Å². The van der Waals surface area contributed by atoms with E-state index in [9.17, 15) is 17.6 Å². The summed E-state index contributed by atoms with van der Waals surface area (Å²) in [5.41, 5.74) is 0.344. The van der Waals surface area contributed by atoms with E-state index in [0.29, 0.717) is 39.1 Å². The van der Waals surface area contributed by atoms with Crippen molar-refractivity contribution >= 4 is 15.9 Å². The molecule has 0 unspecified atom stereocenters. The van der Waals surface area contributed by atoms with Crippen molar-refractivity contribution < 1.29 is 22.3 Å². The summed E-state index contributed by atoms with van der Waals surface area (Å²) in [5.74, 6) is -0.561. The summed E-state index contributed by atoms with van der Waals surface area (Å²) in [7, 11) is -3.79. The number of ether oxygens (including phenoxy) is 1. The molecule has 2 saturated heterocycles. The Bertz CT molecular complexity index is 999. The highest BCUT2D eigenvalue weighted by molar-refractivity contribution is 7.89. The van der Waals surface area contributed by atoms with Crippen LogP contribution in [0, 0.1) is 5.82 Å². The minimum Gasteiger partial charge on any atom is -0.381 e. The van der Waals surface area contributed by atoms with Crippen LogP contribution in [0.5, 0.6) is 0 Å². The summed E-state index contributed by atoms with van der Waals surface area (Å²) in [4.78, 5) is 15.3. The lowest BCUT2D eigenvalue weighted by molar-refractivity contribution is -0.142. The van der Waals surface area contributed by atoms with E-state index in [4.69, 9.17) is 4.74 Å². The van der Waals surface area contributed by atoms with Gasteiger partial charge in [0.15, 0.2) is 0 Å². The van der Waals surface area contributed by atoms with Gasteiger partial charge in [0.1, 0.15) is 5.82 Å². The molecule has 30 heavy (non-hydrogen) atoms. The second-order valence-electron chi connectivity index (χ2n) is 7.71. The average Bonchev–Trinajstić information content (AvgIpc) is 2.80. The van der Waals surface area contributed by atoms with Gasteiger partial charge in [-0.3, -0.25) is 4.79 Å². The molecule has 0 radical (unpaired) electrons. The average molecular weight is 433 g/mol. The van der Waals surface area contributed by atoms with Crippen molar-refractivity contribution in [3.8, 4) is 0 Å². The van der Waals surface area contributed by atoms with Crippen LogP contribution in [0.1, 0.15) is 18.4 Å². The summed E-state index contributed by atoms with van der Waals surface area (Å²) in [6.07, 6.45) is 1.22. The van der Waals surface area contributed by atoms with Crippen molar-refractivity contribution in [2.45, 2.75) is 23.2 Å². The topological polar surface area (TPSA) is 66.9 Å². The third kappa shape index (κ3) is 3.87. The van der Waals surface area contributed by atoms with Gasteiger partial charge in [-0.1, -0.05) is 36.4 Å². The molecular weight excluding hydrogens is 407 g/mol. The van der Waals surface area contributed by atoms with E-state index in [1.807, 2.05) is 30.3 Å². The first-order valence-electron chi connectivity index (χ1n) is 10.1. The van der Waals surface area contributed by atoms with E-state index in [0.717, 1.165) is 11.6 Å². The first-order chi connectivity index (χ1) is 14.4. The predicted octanol–water partition coefficient (Wildman–Crippen LogP) is 2.41. The van der Waals surface area contributed by atoms with Crippen LogP contribution in [0.3, 0.4) is 0 Å². The lowest BCUT2D eigenvalue weighted by atomic mass is 9.73. The van der Waals surface area contributed by atoms with Gasteiger partial charge < -0.3 is 9.64 Å². The Morgan fingerprint density at radius 1 is 0.933 bits per heavy atom. The standard InChI is InChI=1S/C22H25FN2O4S/c23-19-7-4-8-20(17-19)30(27,28)25-13-11-24(12-14-25)21(26)22(9-15-29-16-10-22)18-5-2-1-3-6-18/h1-8,17H,9-16H2. The molecule has 2 aromatic rings. The number of rotatable bonds is 4. The number of piperazine rings is 1. The Morgan fingerprint density at radius 3 is 2.23 bits per heavy atom. The molecule has 4 rings (SSSR count). The Kier molecular flexibility index (Phi) is 5.90. The molecule has 0 N–H and O–H groups in total. The van der Waals surface area contributed by atoms with Gasteiger partial charge in [-0.15, -0.1) is 0 Å². The molecule has 0 atom stereocenters. The summed E-state index contributed by atoms with van der Waals surface area (Å²) >= 11 is 0. The molecule has 2 heterocycles. The van der Waals surface area contributed by atoms with Gasteiger partial charge >= 0.3 is 0 Å². The number of amides is 1. The molecule has 0 aromatic heterocycles. The quantitative estimate of drug-likeness (QED) is 0.744. The van der Waals surface area contributed by atoms with Gasteiger partial charge in [-0.25, -0.2) is 12.8 Å². The molecule has 6 nitrogen and oxygen atoms in total. The van der Waals surface area contributed by atoms with Crippen molar-refractivity contribution in [2.24, 2.45) is 0 Å². The number of benzene rings is 2. The second-order valence-corrected chi connectivity index (χ2v) is 9.65. The highest BCUT2D eigenvalue weighted by atomic mass is 32.2. The molecule has 0 saturated carbocycles. The smallest absolute Gasteiger partial charge is 0.243 e. The Balaban J connectivity index is 1.51. The van der Waals surface area contributed by atoms with Crippen molar-refractivity contribution in [1.29, 1.82) is 0 Å². The SMILES string of the molecule is O=C(N1CCN(S(=O)(=O)c2cccc(F)c2)CC1)C1(c2ccccc2)CCOCC1. The highest BCUT2D eigenvalue weighted by Gasteiger charge is 2.45. The van der Waals surface area contributed by atoms with Gasteiger partial charge in [-0.2, -0.15) is 4.31 Å². The van der Waals surface area contributed by atoms with Crippen LogP contribution in [0.2, 0.25) is 0 Å². The van der Waals surface area contributed by atoms with Gasteiger partial charge in [-0.05, 0) is 36.6 Å². The Hall–Kier alpha value is -2.29. The maximum Gasteiger partial charge on any atom is 0.243 e. The number of hydrogen-bond acceptors (Lipinski definition) is 4. The van der Waals surface area contributed by atoms with E-state index in [1.54, 1.807) is 4.90 Å². The van der Waals surface area contributed by atoms with Crippen LogP contribution in [-0.4, -0.2) is 62.9 Å². The van der Waals surface area contributed by atoms with Crippen molar-refractivity contribution in [3.63, 3.8) is 0 Å². The summed E-state index contributed by atoms with van der Waals surface area (Å²) in [5, 5.41) is 0.